The lowest BCUT2D eigenvalue weighted by atomic mass is 10.1. The van der Waals surface area contributed by atoms with Crippen molar-refractivity contribution in [3.05, 3.63) is 99.6 Å². The number of carbonyl (C=O) groups is 3. The number of fused-ring (bicyclic) bond motifs is 1. The Morgan fingerprint density at radius 2 is 1.66 bits per heavy atom. The maximum Gasteiger partial charge on any atom is 0.338 e. The van der Waals surface area contributed by atoms with Crippen molar-refractivity contribution in [2.24, 2.45) is 0 Å². The molecular weight excluding hydrogens is 390 g/mol. The molecule has 6 heteroatoms. The highest BCUT2D eigenvalue weighted by Gasteiger charge is 2.37. The lowest BCUT2D eigenvalue weighted by Crippen LogP contribution is -2.29. The minimum atomic E-state index is -0.556. The van der Waals surface area contributed by atoms with Crippen LogP contribution in [-0.4, -0.2) is 17.8 Å². The van der Waals surface area contributed by atoms with Crippen molar-refractivity contribution >= 4 is 35.1 Å². The summed E-state index contributed by atoms with van der Waals surface area (Å²) in [5.74, 6) is -1.48. The Bertz CT molecular complexity index is 1140. The van der Waals surface area contributed by atoms with Crippen molar-refractivity contribution in [3.8, 4) is 0 Å². The lowest BCUT2D eigenvalue weighted by Gasteiger charge is -2.13. The molecule has 0 unspecified atom stereocenters. The average Bonchev–Trinajstić information content (AvgIpc) is 2.97. The Labute approximate surface area is 172 Å². The van der Waals surface area contributed by atoms with E-state index in [4.69, 9.17) is 16.3 Å². The summed E-state index contributed by atoms with van der Waals surface area (Å²) in [4.78, 5) is 39.0. The van der Waals surface area contributed by atoms with E-state index in [0.29, 0.717) is 10.7 Å². The first-order valence-electron chi connectivity index (χ1n) is 8.95. The number of imide groups is 1. The van der Waals surface area contributed by atoms with Crippen LogP contribution in [0.2, 0.25) is 5.02 Å². The van der Waals surface area contributed by atoms with E-state index in [1.807, 2.05) is 31.2 Å². The van der Waals surface area contributed by atoms with Crippen LogP contribution in [-0.2, 0) is 11.3 Å². The van der Waals surface area contributed by atoms with Gasteiger partial charge in [0.2, 0.25) is 0 Å². The Morgan fingerprint density at radius 3 is 2.38 bits per heavy atom. The molecule has 0 saturated heterocycles. The monoisotopic (exact) mass is 405 g/mol. The smallest absolute Gasteiger partial charge is 0.338 e. The molecule has 0 aromatic heterocycles. The molecule has 0 saturated carbocycles. The van der Waals surface area contributed by atoms with E-state index in [2.05, 4.69) is 0 Å². The Balaban J connectivity index is 1.55. The van der Waals surface area contributed by atoms with Gasteiger partial charge in [0.05, 0.1) is 22.4 Å². The summed E-state index contributed by atoms with van der Waals surface area (Å²) in [6.45, 7) is 2.09. The molecule has 3 aromatic rings. The number of anilines is 1. The van der Waals surface area contributed by atoms with Crippen molar-refractivity contribution < 1.29 is 19.1 Å². The molecule has 0 fully saturated rings. The second kappa shape index (κ2) is 7.53. The maximum absolute atomic E-state index is 12.8. The minimum Gasteiger partial charge on any atom is -0.457 e. The summed E-state index contributed by atoms with van der Waals surface area (Å²) in [5, 5.41) is 0.504. The van der Waals surface area contributed by atoms with Gasteiger partial charge < -0.3 is 4.74 Å². The van der Waals surface area contributed by atoms with Crippen LogP contribution in [0.1, 0.15) is 42.2 Å². The largest absolute Gasteiger partial charge is 0.457 e. The number of esters is 1. The standard InChI is InChI=1S/C23H16ClNO4/c1-14-3-2-4-15(11-14)13-29-23(28)16-5-10-19-20(12-16)22(27)25(21(19)26)18-8-6-17(24)7-9-18/h2-12H,13H2,1H3. The fourth-order valence-corrected chi connectivity index (χ4v) is 3.35. The third-order valence-corrected chi connectivity index (χ3v) is 4.91. The molecule has 1 aliphatic heterocycles. The Kier molecular flexibility index (Phi) is 4.91. The van der Waals surface area contributed by atoms with Gasteiger partial charge in [-0.25, -0.2) is 9.69 Å². The van der Waals surface area contributed by atoms with Gasteiger partial charge in [-0.05, 0) is 55.0 Å². The van der Waals surface area contributed by atoms with Gasteiger partial charge in [0.25, 0.3) is 11.8 Å². The molecular formula is C23H16ClNO4. The number of aryl methyl sites for hydroxylation is 1. The molecule has 4 rings (SSSR count). The van der Waals surface area contributed by atoms with Gasteiger partial charge >= 0.3 is 5.97 Å². The molecule has 144 valence electrons. The number of halogens is 1. The van der Waals surface area contributed by atoms with Crippen LogP contribution in [0.3, 0.4) is 0 Å². The second-order valence-electron chi connectivity index (χ2n) is 6.75. The Morgan fingerprint density at radius 1 is 0.931 bits per heavy atom. The highest BCUT2D eigenvalue weighted by Crippen LogP contribution is 2.30. The zero-order valence-corrected chi connectivity index (χ0v) is 16.3. The van der Waals surface area contributed by atoms with Crippen molar-refractivity contribution in [2.45, 2.75) is 13.5 Å². The third-order valence-electron chi connectivity index (χ3n) is 4.66. The van der Waals surface area contributed by atoms with E-state index in [1.54, 1.807) is 24.3 Å². The van der Waals surface area contributed by atoms with E-state index in [9.17, 15) is 14.4 Å². The van der Waals surface area contributed by atoms with Crippen LogP contribution in [0.15, 0.2) is 66.7 Å². The molecule has 2 amide bonds. The van der Waals surface area contributed by atoms with Gasteiger partial charge in [-0.2, -0.15) is 0 Å². The summed E-state index contributed by atoms with van der Waals surface area (Å²) in [6, 6.07) is 18.4. The molecule has 0 bridgehead atoms. The molecule has 0 aliphatic carbocycles. The quantitative estimate of drug-likeness (QED) is 0.461. The molecule has 1 heterocycles. The van der Waals surface area contributed by atoms with Crippen LogP contribution in [0, 0.1) is 6.92 Å². The molecule has 3 aromatic carbocycles. The van der Waals surface area contributed by atoms with Gasteiger partial charge in [-0.1, -0.05) is 41.4 Å². The highest BCUT2D eigenvalue weighted by atomic mass is 35.5. The molecule has 0 N–H and O–H groups in total. The minimum absolute atomic E-state index is 0.126. The predicted molar refractivity (Wildman–Crippen MR) is 109 cm³/mol. The number of ether oxygens (including phenoxy) is 1. The SMILES string of the molecule is Cc1cccc(COC(=O)c2ccc3c(c2)C(=O)N(c2ccc(Cl)cc2)C3=O)c1. The molecule has 0 radical (unpaired) electrons. The van der Waals surface area contributed by atoms with Gasteiger partial charge in [0.1, 0.15) is 6.61 Å². The summed E-state index contributed by atoms with van der Waals surface area (Å²) in [5.41, 5.74) is 3.01. The van der Waals surface area contributed by atoms with E-state index < -0.39 is 17.8 Å². The van der Waals surface area contributed by atoms with Crippen LogP contribution in [0.4, 0.5) is 5.69 Å². The fourth-order valence-electron chi connectivity index (χ4n) is 3.23. The molecule has 0 atom stereocenters. The average molecular weight is 406 g/mol. The first kappa shape index (κ1) is 18.9. The van der Waals surface area contributed by atoms with E-state index in [0.717, 1.165) is 16.0 Å². The highest BCUT2D eigenvalue weighted by molar-refractivity contribution is 6.35. The maximum atomic E-state index is 12.8. The van der Waals surface area contributed by atoms with Gasteiger partial charge in [-0.3, -0.25) is 9.59 Å². The molecule has 1 aliphatic rings. The number of amides is 2. The first-order chi connectivity index (χ1) is 13.9. The van der Waals surface area contributed by atoms with Crippen molar-refractivity contribution in [1.29, 1.82) is 0 Å². The number of nitrogens with zero attached hydrogens (tertiary/aromatic N) is 1. The summed E-state index contributed by atoms with van der Waals surface area (Å²) < 4.78 is 5.35. The zero-order chi connectivity index (χ0) is 20.5. The van der Waals surface area contributed by atoms with Crippen molar-refractivity contribution in [1.82, 2.24) is 0 Å². The predicted octanol–water partition coefficient (Wildman–Crippen LogP) is 4.81. The summed E-state index contributed by atoms with van der Waals surface area (Å²) >= 11 is 5.88. The number of carbonyl (C=O) groups excluding carboxylic acids is 3. The second-order valence-corrected chi connectivity index (χ2v) is 7.18. The van der Waals surface area contributed by atoms with Crippen molar-refractivity contribution in [3.63, 3.8) is 0 Å². The molecule has 29 heavy (non-hydrogen) atoms. The lowest BCUT2D eigenvalue weighted by molar-refractivity contribution is 0.0472. The molecule has 0 spiro atoms. The molecule has 5 nitrogen and oxygen atoms in total. The first-order valence-corrected chi connectivity index (χ1v) is 9.33. The Hall–Kier alpha value is -3.44. The number of hydrogen-bond acceptors (Lipinski definition) is 4. The zero-order valence-electron chi connectivity index (χ0n) is 15.5. The van der Waals surface area contributed by atoms with Crippen LogP contribution in [0.25, 0.3) is 0 Å². The number of benzene rings is 3. The van der Waals surface area contributed by atoms with Crippen LogP contribution >= 0.6 is 11.6 Å². The van der Waals surface area contributed by atoms with E-state index >= 15 is 0 Å². The van der Waals surface area contributed by atoms with Crippen LogP contribution < -0.4 is 4.90 Å². The topological polar surface area (TPSA) is 63.7 Å². The summed E-state index contributed by atoms with van der Waals surface area (Å²) in [6.07, 6.45) is 0. The number of rotatable bonds is 4. The normalized spacial score (nSPS) is 12.8. The third kappa shape index (κ3) is 3.65. The van der Waals surface area contributed by atoms with Crippen molar-refractivity contribution in [2.75, 3.05) is 4.90 Å². The number of hydrogen-bond donors (Lipinski definition) is 0. The van der Waals surface area contributed by atoms with E-state index in [1.165, 1.54) is 18.2 Å². The summed E-state index contributed by atoms with van der Waals surface area (Å²) in [7, 11) is 0. The fraction of sp³-hybridized carbons (Fsp3) is 0.0870. The van der Waals surface area contributed by atoms with Crippen LogP contribution in [0.5, 0.6) is 0 Å². The van der Waals surface area contributed by atoms with E-state index in [-0.39, 0.29) is 23.3 Å². The van der Waals surface area contributed by atoms with Gasteiger partial charge in [0, 0.05) is 5.02 Å². The van der Waals surface area contributed by atoms with Gasteiger partial charge in [0.15, 0.2) is 0 Å². The van der Waals surface area contributed by atoms with Gasteiger partial charge in [-0.15, -0.1) is 0 Å².